The number of rotatable bonds is 2. The van der Waals surface area contributed by atoms with Crippen LogP contribution >= 0.6 is 0 Å². The molecular formula is C9H11NO4. The Balaban J connectivity index is 2.34. The van der Waals surface area contributed by atoms with Crippen molar-refractivity contribution in [2.45, 2.75) is 31.6 Å². The lowest BCUT2D eigenvalue weighted by Crippen LogP contribution is -2.18. The highest BCUT2D eigenvalue weighted by Gasteiger charge is 2.28. The zero-order chi connectivity index (χ0) is 10.1. The van der Waals surface area contributed by atoms with Crippen LogP contribution in [0.3, 0.4) is 0 Å². The van der Waals surface area contributed by atoms with Gasteiger partial charge in [0.2, 0.25) is 0 Å². The van der Waals surface area contributed by atoms with Gasteiger partial charge in [-0.05, 0) is 12.8 Å². The maximum absolute atomic E-state index is 11.3. The lowest BCUT2D eigenvalue weighted by atomic mass is 9.85. The Morgan fingerprint density at radius 2 is 2.43 bits per heavy atom. The minimum atomic E-state index is -0.872. The molecule has 0 aliphatic heterocycles. The van der Waals surface area contributed by atoms with Crippen molar-refractivity contribution in [2.75, 3.05) is 0 Å². The van der Waals surface area contributed by atoms with Crippen molar-refractivity contribution in [2.24, 2.45) is 0 Å². The van der Waals surface area contributed by atoms with Gasteiger partial charge in [-0.3, -0.25) is 9.59 Å². The van der Waals surface area contributed by atoms with E-state index < -0.39 is 5.97 Å². The molecule has 1 aromatic rings. The van der Waals surface area contributed by atoms with Gasteiger partial charge < -0.3 is 9.63 Å². The van der Waals surface area contributed by atoms with Crippen LogP contribution in [0.4, 0.5) is 0 Å². The van der Waals surface area contributed by atoms with Crippen molar-refractivity contribution in [1.82, 2.24) is 5.16 Å². The van der Waals surface area contributed by atoms with E-state index in [0.29, 0.717) is 11.3 Å². The quantitative estimate of drug-likeness (QED) is 0.736. The zero-order valence-corrected chi connectivity index (χ0v) is 7.58. The van der Waals surface area contributed by atoms with E-state index in [1.807, 2.05) is 0 Å². The second-order valence-corrected chi connectivity index (χ2v) is 3.56. The van der Waals surface area contributed by atoms with Crippen molar-refractivity contribution in [3.05, 3.63) is 21.7 Å². The number of hydrogen-bond acceptors (Lipinski definition) is 3. The van der Waals surface area contributed by atoms with Crippen LogP contribution in [-0.2, 0) is 11.2 Å². The maximum Gasteiger partial charge on any atom is 0.303 e. The summed E-state index contributed by atoms with van der Waals surface area (Å²) in [5.41, 5.74) is 0.268. The predicted octanol–water partition coefficient (Wildman–Crippen LogP) is 0.863. The molecule has 0 saturated heterocycles. The lowest BCUT2D eigenvalue weighted by Gasteiger charge is -2.17. The largest absolute Gasteiger partial charge is 0.481 e. The van der Waals surface area contributed by atoms with Gasteiger partial charge in [0.15, 0.2) is 0 Å². The van der Waals surface area contributed by atoms with Crippen LogP contribution < -0.4 is 5.56 Å². The van der Waals surface area contributed by atoms with Crippen molar-refractivity contribution in [3.63, 3.8) is 0 Å². The molecule has 1 unspecified atom stereocenters. The van der Waals surface area contributed by atoms with Crippen LogP contribution in [0.2, 0.25) is 0 Å². The summed E-state index contributed by atoms with van der Waals surface area (Å²) in [6.45, 7) is 0. The first-order chi connectivity index (χ1) is 6.68. The van der Waals surface area contributed by atoms with E-state index in [4.69, 9.17) is 9.63 Å². The molecule has 5 heteroatoms. The van der Waals surface area contributed by atoms with E-state index in [-0.39, 0.29) is 17.9 Å². The SMILES string of the molecule is O=C(O)CC1CCCc2o[nH]c(=O)c21. The molecule has 0 saturated carbocycles. The summed E-state index contributed by atoms with van der Waals surface area (Å²) in [7, 11) is 0. The number of carbonyl (C=O) groups is 1. The summed E-state index contributed by atoms with van der Waals surface area (Å²) < 4.78 is 4.97. The monoisotopic (exact) mass is 197 g/mol. The fourth-order valence-corrected chi connectivity index (χ4v) is 2.01. The number of H-pyrrole nitrogens is 1. The molecule has 0 bridgehead atoms. The zero-order valence-electron chi connectivity index (χ0n) is 7.58. The summed E-state index contributed by atoms with van der Waals surface area (Å²) in [6, 6.07) is 0. The van der Waals surface area contributed by atoms with Gasteiger partial charge in [0.05, 0.1) is 12.0 Å². The van der Waals surface area contributed by atoms with Gasteiger partial charge in [0, 0.05) is 12.3 Å². The summed E-state index contributed by atoms with van der Waals surface area (Å²) in [6.07, 6.45) is 2.37. The number of aliphatic carboxylic acids is 1. The number of nitrogens with one attached hydrogen (secondary N) is 1. The molecule has 0 aromatic carbocycles. The molecule has 2 N–H and O–H groups in total. The fraction of sp³-hybridized carbons (Fsp3) is 0.556. The highest BCUT2D eigenvalue weighted by molar-refractivity contribution is 5.68. The molecule has 1 aliphatic rings. The second-order valence-electron chi connectivity index (χ2n) is 3.56. The second kappa shape index (κ2) is 3.32. The van der Waals surface area contributed by atoms with Gasteiger partial charge in [0.25, 0.3) is 5.56 Å². The van der Waals surface area contributed by atoms with E-state index in [2.05, 4.69) is 5.16 Å². The summed E-state index contributed by atoms with van der Waals surface area (Å²) in [5, 5.41) is 10.9. The first kappa shape index (κ1) is 9.05. The van der Waals surface area contributed by atoms with Crippen molar-refractivity contribution < 1.29 is 14.4 Å². The van der Waals surface area contributed by atoms with E-state index in [1.54, 1.807) is 0 Å². The Morgan fingerprint density at radius 3 is 3.14 bits per heavy atom. The van der Waals surface area contributed by atoms with Gasteiger partial charge in [0.1, 0.15) is 5.76 Å². The minimum absolute atomic E-state index is 0.00954. The Morgan fingerprint density at radius 1 is 1.64 bits per heavy atom. The minimum Gasteiger partial charge on any atom is -0.481 e. The van der Waals surface area contributed by atoms with Crippen LogP contribution in [0.1, 0.15) is 36.5 Å². The lowest BCUT2D eigenvalue weighted by molar-refractivity contribution is -0.137. The molecule has 1 atom stereocenters. The van der Waals surface area contributed by atoms with Crippen LogP contribution in [0, 0.1) is 0 Å². The van der Waals surface area contributed by atoms with Gasteiger partial charge in [-0.1, -0.05) is 0 Å². The average molecular weight is 197 g/mol. The molecule has 0 fully saturated rings. The molecule has 0 spiro atoms. The molecule has 14 heavy (non-hydrogen) atoms. The third-order valence-corrected chi connectivity index (χ3v) is 2.60. The highest BCUT2D eigenvalue weighted by Crippen LogP contribution is 2.31. The molecule has 1 aliphatic carbocycles. The summed E-state index contributed by atoms with van der Waals surface area (Å²) in [5.74, 6) is -0.422. The molecule has 76 valence electrons. The van der Waals surface area contributed by atoms with Crippen molar-refractivity contribution in [1.29, 1.82) is 0 Å². The average Bonchev–Trinajstić information content (AvgIpc) is 2.48. The molecular weight excluding hydrogens is 186 g/mol. The van der Waals surface area contributed by atoms with Crippen molar-refractivity contribution in [3.8, 4) is 0 Å². The predicted molar refractivity (Wildman–Crippen MR) is 47.3 cm³/mol. The van der Waals surface area contributed by atoms with E-state index in [0.717, 1.165) is 19.3 Å². The standard InChI is InChI=1S/C9H11NO4/c11-7(12)4-5-2-1-3-6-8(5)9(13)10-14-6/h5H,1-4H2,(H,10,13)(H,11,12). The number of fused-ring (bicyclic) bond motifs is 1. The Labute approximate surface area is 79.7 Å². The van der Waals surface area contributed by atoms with Crippen LogP contribution in [-0.4, -0.2) is 16.2 Å². The van der Waals surface area contributed by atoms with Gasteiger partial charge >= 0.3 is 5.97 Å². The third-order valence-electron chi connectivity index (χ3n) is 2.60. The van der Waals surface area contributed by atoms with E-state index in [9.17, 15) is 9.59 Å². The Kier molecular flexibility index (Phi) is 2.15. The molecule has 5 nitrogen and oxygen atoms in total. The topological polar surface area (TPSA) is 83.3 Å². The number of carboxylic acids is 1. The molecule has 1 aromatic heterocycles. The number of aromatic nitrogens is 1. The molecule has 1 heterocycles. The van der Waals surface area contributed by atoms with Crippen LogP contribution in [0.25, 0.3) is 0 Å². The van der Waals surface area contributed by atoms with Crippen molar-refractivity contribution >= 4 is 5.97 Å². The summed E-state index contributed by atoms with van der Waals surface area (Å²) in [4.78, 5) is 21.9. The third kappa shape index (κ3) is 1.45. The van der Waals surface area contributed by atoms with E-state index in [1.165, 1.54) is 0 Å². The number of aromatic amines is 1. The van der Waals surface area contributed by atoms with Gasteiger partial charge in [-0.2, -0.15) is 5.16 Å². The van der Waals surface area contributed by atoms with Gasteiger partial charge in [-0.25, -0.2) is 0 Å². The maximum atomic E-state index is 11.3. The number of hydrogen-bond donors (Lipinski definition) is 2. The smallest absolute Gasteiger partial charge is 0.303 e. The highest BCUT2D eigenvalue weighted by atomic mass is 16.5. The molecule has 0 radical (unpaired) electrons. The Hall–Kier alpha value is -1.52. The van der Waals surface area contributed by atoms with Gasteiger partial charge in [-0.15, -0.1) is 0 Å². The fourth-order valence-electron chi connectivity index (χ4n) is 2.01. The van der Waals surface area contributed by atoms with E-state index >= 15 is 0 Å². The number of carboxylic acid groups (broad SMARTS) is 1. The number of aryl methyl sites for hydroxylation is 1. The molecule has 2 rings (SSSR count). The summed E-state index contributed by atoms with van der Waals surface area (Å²) >= 11 is 0. The molecule has 0 amide bonds. The first-order valence-corrected chi connectivity index (χ1v) is 4.60. The Bertz CT molecular complexity index is 403. The first-order valence-electron chi connectivity index (χ1n) is 4.60. The van der Waals surface area contributed by atoms with Crippen LogP contribution in [0.15, 0.2) is 9.32 Å². The van der Waals surface area contributed by atoms with Crippen LogP contribution in [0.5, 0.6) is 0 Å². The normalized spacial score (nSPS) is 20.4.